The maximum absolute atomic E-state index is 13.6. The van der Waals surface area contributed by atoms with Crippen LogP contribution in [-0.4, -0.2) is 22.1 Å². The molecule has 5 nitrogen and oxygen atoms in total. The van der Waals surface area contributed by atoms with Crippen molar-refractivity contribution >= 4 is 5.91 Å². The van der Waals surface area contributed by atoms with Gasteiger partial charge in [0.05, 0.1) is 0 Å². The fourth-order valence-electron chi connectivity index (χ4n) is 2.70. The van der Waals surface area contributed by atoms with E-state index in [1.54, 1.807) is 35.2 Å². The van der Waals surface area contributed by atoms with Gasteiger partial charge in [-0.2, -0.15) is 0 Å². The summed E-state index contributed by atoms with van der Waals surface area (Å²) in [4.78, 5) is 16.7. The van der Waals surface area contributed by atoms with Gasteiger partial charge in [0.25, 0.3) is 5.91 Å². The van der Waals surface area contributed by atoms with Crippen LogP contribution in [0, 0.1) is 12.7 Å². The van der Waals surface area contributed by atoms with Crippen LogP contribution in [0.2, 0.25) is 0 Å². The zero-order valence-corrected chi connectivity index (χ0v) is 14.6. The molecule has 0 aliphatic rings. The number of halogens is 1. The van der Waals surface area contributed by atoms with Crippen LogP contribution < -0.4 is 10.1 Å². The fraction of sp³-hybridized carbons (Fsp3) is 0.200. The van der Waals surface area contributed by atoms with Crippen LogP contribution in [-0.2, 0) is 11.8 Å². The van der Waals surface area contributed by atoms with Gasteiger partial charge in [0, 0.05) is 19.4 Å². The summed E-state index contributed by atoms with van der Waals surface area (Å²) >= 11 is 0. The maximum atomic E-state index is 13.6. The summed E-state index contributed by atoms with van der Waals surface area (Å²) < 4.78 is 21.0. The highest BCUT2D eigenvalue weighted by Gasteiger charge is 2.21. The number of amides is 1. The molecule has 0 radical (unpaired) electrons. The summed E-state index contributed by atoms with van der Waals surface area (Å²) in [7, 11) is 1.82. The molecule has 0 saturated heterocycles. The normalized spacial score (nSPS) is 11.8. The van der Waals surface area contributed by atoms with E-state index in [4.69, 9.17) is 4.74 Å². The van der Waals surface area contributed by atoms with Crippen molar-refractivity contribution in [2.45, 2.75) is 13.0 Å². The van der Waals surface area contributed by atoms with E-state index in [-0.39, 0.29) is 18.3 Å². The second-order valence-corrected chi connectivity index (χ2v) is 6.06. The number of aromatic nitrogens is 2. The Bertz CT molecular complexity index is 907. The van der Waals surface area contributed by atoms with E-state index in [1.807, 2.05) is 32.2 Å². The molecule has 26 heavy (non-hydrogen) atoms. The molecule has 3 aromatic rings. The highest BCUT2D eigenvalue weighted by Crippen LogP contribution is 2.21. The Morgan fingerprint density at radius 3 is 2.77 bits per heavy atom. The summed E-state index contributed by atoms with van der Waals surface area (Å²) in [6.45, 7) is 1.81. The number of hydrogen-bond donors (Lipinski definition) is 1. The van der Waals surface area contributed by atoms with Gasteiger partial charge in [0.1, 0.15) is 23.4 Å². The van der Waals surface area contributed by atoms with Gasteiger partial charge in [-0.15, -0.1) is 0 Å². The Morgan fingerprint density at radius 2 is 2.08 bits per heavy atom. The van der Waals surface area contributed by atoms with Gasteiger partial charge in [-0.3, -0.25) is 4.79 Å². The van der Waals surface area contributed by atoms with Crippen LogP contribution in [0.5, 0.6) is 5.75 Å². The van der Waals surface area contributed by atoms with Gasteiger partial charge >= 0.3 is 0 Å². The average Bonchev–Trinajstić information content (AvgIpc) is 3.04. The van der Waals surface area contributed by atoms with Crippen molar-refractivity contribution in [3.05, 3.63) is 83.7 Å². The van der Waals surface area contributed by atoms with Gasteiger partial charge in [0.15, 0.2) is 6.61 Å². The largest absolute Gasteiger partial charge is 0.484 e. The number of aryl methyl sites for hydroxylation is 2. The zero-order valence-electron chi connectivity index (χ0n) is 14.6. The second-order valence-electron chi connectivity index (χ2n) is 6.06. The Kier molecular flexibility index (Phi) is 5.31. The van der Waals surface area contributed by atoms with Crippen molar-refractivity contribution in [3.63, 3.8) is 0 Å². The average molecular weight is 353 g/mol. The van der Waals surface area contributed by atoms with Crippen LogP contribution in [0.4, 0.5) is 4.39 Å². The van der Waals surface area contributed by atoms with Crippen molar-refractivity contribution < 1.29 is 13.9 Å². The predicted octanol–water partition coefficient (Wildman–Crippen LogP) is 3.15. The Morgan fingerprint density at radius 1 is 1.27 bits per heavy atom. The Hall–Kier alpha value is -3.15. The first kappa shape index (κ1) is 17.7. The molecule has 0 saturated carbocycles. The molecule has 3 rings (SSSR count). The van der Waals surface area contributed by atoms with Crippen molar-refractivity contribution in [2.24, 2.45) is 7.05 Å². The molecule has 1 amide bonds. The van der Waals surface area contributed by atoms with Gasteiger partial charge in [-0.1, -0.05) is 24.3 Å². The molecule has 6 heteroatoms. The lowest BCUT2D eigenvalue weighted by molar-refractivity contribution is -0.123. The number of rotatable bonds is 6. The summed E-state index contributed by atoms with van der Waals surface area (Å²) in [6.07, 6.45) is 3.41. The molecule has 0 bridgehead atoms. The fourth-order valence-corrected chi connectivity index (χ4v) is 2.70. The minimum Gasteiger partial charge on any atom is -0.484 e. The van der Waals surface area contributed by atoms with Crippen LogP contribution >= 0.6 is 0 Å². The quantitative estimate of drug-likeness (QED) is 0.741. The number of carbonyl (C=O) groups excluding carboxylic acids is 1. The molecule has 0 aliphatic carbocycles. The molecule has 1 aromatic heterocycles. The topological polar surface area (TPSA) is 56.1 Å². The standard InChI is InChI=1S/C20H20FN3O2/c1-14-5-3-8-17(11-14)26-13-18(25)23-19(20-22-9-10-24(20)2)15-6-4-7-16(21)12-15/h3-12,19H,13H2,1-2H3,(H,23,25). The number of ether oxygens (including phenoxy) is 1. The summed E-state index contributed by atoms with van der Waals surface area (Å²) in [5.41, 5.74) is 1.66. The first-order valence-electron chi connectivity index (χ1n) is 8.24. The molecule has 0 aliphatic heterocycles. The number of imidazole rings is 1. The van der Waals surface area contributed by atoms with Gasteiger partial charge < -0.3 is 14.6 Å². The van der Waals surface area contributed by atoms with Crippen molar-refractivity contribution in [1.82, 2.24) is 14.9 Å². The Balaban J connectivity index is 1.75. The number of hydrogen-bond acceptors (Lipinski definition) is 3. The molecule has 0 spiro atoms. The van der Waals surface area contributed by atoms with E-state index >= 15 is 0 Å². The van der Waals surface area contributed by atoms with Crippen molar-refractivity contribution in [1.29, 1.82) is 0 Å². The highest BCUT2D eigenvalue weighted by atomic mass is 19.1. The van der Waals surface area contributed by atoms with Crippen LogP contribution in [0.25, 0.3) is 0 Å². The van der Waals surface area contributed by atoms with Gasteiger partial charge in [-0.25, -0.2) is 9.37 Å². The van der Waals surface area contributed by atoms with Crippen LogP contribution in [0.15, 0.2) is 60.9 Å². The van der Waals surface area contributed by atoms with E-state index in [0.717, 1.165) is 5.56 Å². The first-order valence-corrected chi connectivity index (χ1v) is 8.24. The lowest BCUT2D eigenvalue weighted by atomic mass is 10.1. The Labute approximate surface area is 151 Å². The molecule has 1 atom stereocenters. The SMILES string of the molecule is Cc1cccc(OCC(=O)NC(c2cccc(F)c2)c2nccn2C)c1. The highest BCUT2D eigenvalue weighted by molar-refractivity contribution is 5.78. The minimum atomic E-state index is -0.570. The molecule has 134 valence electrons. The second kappa shape index (κ2) is 7.82. The van der Waals surface area contributed by atoms with E-state index < -0.39 is 6.04 Å². The maximum Gasteiger partial charge on any atom is 0.258 e. The van der Waals surface area contributed by atoms with Gasteiger partial charge in [0.2, 0.25) is 0 Å². The van der Waals surface area contributed by atoms with E-state index in [9.17, 15) is 9.18 Å². The van der Waals surface area contributed by atoms with E-state index in [1.165, 1.54) is 12.1 Å². The van der Waals surface area contributed by atoms with E-state index in [0.29, 0.717) is 17.1 Å². The van der Waals surface area contributed by atoms with Crippen molar-refractivity contribution in [3.8, 4) is 5.75 Å². The molecule has 1 heterocycles. The molecule has 2 aromatic carbocycles. The zero-order chi connectivity index (χ0) is 18.5. The third-order valence-electron chi connectivity index (χ3n) is 3.96. The molecule has 1 unspecified atom stereocenters. The third-order valence-corrected chi connectivity index (χ3v) is 3.96. The number of benzene rings is 2. The first-order chi connectivity index (χ1) is 12.5. The summed E-state index contributed by atoms with van der Waals surface area (Å²) in [6, 6.07) is 13.0. The smallest absolute Gasteiger partial charge is 0.258 e. The monoisotopic (exact) mass is 353 g/mol. The van der Waals surface area contributed by atoms with Crippen LogP contribution in [0.3, 0.4) is 0 Å². The summed E-state index contributed by atoms with van der Waals surface area (Å²) in [5.74, 6) is 0.551. The third kappa shape index (κ3) is 4.27. The van der Waals surface area contributed by atoms with E-state index in [2.05, 4.69) is 10.3 Å². The number of carbonyl (C=O) groups is 1. The number of nitrogens with zero attached hydrogens (tertiary/aromatic N) is 2. The van der Waals surface area contributed by atoms with Crippen LogP contribution in [0.1, 0.15) is 23.0 Å². The van der Waals surface area contributed by atoms with Crippen molar-refractivity contribution in [2.75, 3.05) is 6.61 Å². The molecular formula is C20H20FN3O2. The molecular weight excluding hydrogens is 333 g/mol. The lowest BCUT2D eigenvalue weighted by Crippen LogP contribution is -2.34. The summed E-state index contributed by atoms with van der Waals surface area (Å²) in [5, 5.41) is 2.87. The molecule has 0 fully saturated rings. The van der Waals surface area contributed by atoms with Gasteiger partial charge in [-0.05, 0) is 42.3 Å². The number of nitrogens with one attached hydrogen (secondary N) is 1. The molecule has 1 N–H and O–H groups in total. The minimum absolute atomic E-state index is 0.139. The lowest BCUT2D eigenvalue weighted by Gasteiger charge is -2.19. The predicted molar refractivity (Wildman–Crippen MR) is 96.3 cm³/mol.